The van der Waals surface area contributed by atoms with E-state index in [2.05, 4.69) is 8.92 Å². The monoisotopic (exact) mass is 238 g/mol. The number of carbonyl (C=O) groups is 2. The van der Waals surface area contributed by atoms with Crippen LogP contribution in [-0.4, -0.2) is 27.8 Å². The predicted octanol–water partition coefficient (Wildman–Crippen LogP) is 0.502. The van der Waals surface area contributed by atoms with E-state index >= 15 is 0 Å². The number of esters is 1. The fourth-order valence-corrected chi connectivity index (χ4v) is 1.28. The van der Waals surface area contributed by atoms with Crippen LogP contribution in [0.1, 0.15) is 20.8 Å². The zero-order chi connectivity index (χ0) is 12.2. The largest absolute Gasteiger partial charge is 0.468 e. The molecule has 0 fully saturated rings. The highest BCUT2D eigenvalue weighted by Crippen LogP contribution is 2.28. The van der Waals surface area contributed by atoms with Gasteiger partial charge in [-0.1, -0.05) is 20.8 Å². The number of hydrogen-bond donors (Lipinski definition) is 1. The van der Waals surface area contributed by atoms with Crippen LogP contribution in [0, 0.1) is 11.3 Å². The average molecular weight is 238 g/mol. The molecule has 0 radical (unpaired) electrons. The van der Waals surface area contributed by atoms with Crippen LogP contribution in [0.15, 0.2) is 0 Å². The van der Waals surface area contributed by atoms with Gasteiger partial charge in [0.15, 0.2) is 5.92 Å². The molecule has 0 saturated carbocycles. The molecular weight excluding hydrogens is 224 g/mol. The summed E-state index contributed by atoms with van der Waals surface area (Å²) < 4.78 is 27.1. The molecule has 0 bridgehead atoms. The topological polar surface area (TPSA) is 89.9 Å². The van der Waals surface area contributed by atoms with E-state index in [4.69, 9.17) is 4.55 Å². The van der Waals surface area contributed by atoms with E-state index in [1.165, 1.54) is 0 Å². The van der Waals surface area contributed by atoms with Gasteiger partial charge in [-0.3, -0.25) is 9.35 Å². The Hall–Kier alpha value is -0.950. The van der Waals surface area contributed by atoms with Gasteiger partial charge >= 0.3 is 23.3 Å². The predicted molar refractivity (Wildman–Crippen MR) is 51.8 cm³/mol. The molecule has 88 valence electrons. The second kappa shape index (κ2) is 5.22. The fourth-order valence-electron chi connectivity index (χ4n) is 1.04. The molecule has 0 amide bonds. The van der Waals surface area contributed by atoms with Gasteiger partial charge in [-0.05, 0) is 5.41 Å². The first kappa shape index (κ1) is 14.1. The van der Waals surface area contributed by atoms with Crippen molar-refractivity contribution in [1.29, 1.82) is 0 Å². The molecule has 2 atom stereocenters. The first-order valence-electron chi connectivity index (χ1n) is 4.11. The first-order valence-corrected chi connectivity index (χ1v) is 5.14. The maximum atomic E-state index is 11.3. The van der Waals surface area contributed by atoms with Gasteiger partial charge in [-0.15, -0.1) is 0 Å². The summed E-state index contributed by atoms with van der Waals surface area (Å²) in [6.07, 6.45) is 0. The first-order chi connectivity index (χ1) is 6.70. The zero-order valence-corrected chi connectivity index (χ0v) is 9.79. The van der Waals surface area contributed by atoms with E-state index in [1.807, 2.05) is 0 Å². The van der Waals surface area contributed by atoms with Crippen molar-refractivity contribution in [2.24, 2.45) is 11.3 Å². The Kier molecular flexibility index (Phi) is 4.89. The average Bonchev–Trinajstić information content (AvgIpc) is 1.99. The summed E-state index contributed by atoms with van der Waals surface area (Å²) in [5.41, 5.74) is -0.746. The van der Waals surface area contributed by atoms with Crippen LogP contribution in [-0.2, 0) is 29.9 Å². The van der Waals surface area contributed by atoms with Gasteiger partial charge in [0.1, 0.15) is 0 Å². The molecular formula is C8H14O6S. The zero-order valence-electron chi connectivity index (χ0n) is 8.97. The lowest BCUT2D eigenvalue weighted by Crippen LogP contribution is -2.37. The normalized spacial score (nSPS) is 15.3. The minimum absolute atomic E-state index is 0.746. The highest BCUT2D eigenvalue weighted by atomic mass is 32.2. The molecule has 0 rings (SSSR count). The van der Waals surface area contributed by atoms with Crippen LogP contribution in [0.4, 0.5) is 0 Å². The number of hydrogen-bond acceptors (Lipinski definition) is 5. The van der Waals surface area contributed by atoms with E-state index in [0.29, 0.717) is 0 Å². The summed E-state index contributed by atoms with van der Waals surface area (Å²) in [7, 11) is 1.13. The summed E-state index contributed by atoms with van der Waals surface area (Å²) in [6.45, 7) is 4.86. The van der Waals surface area contributed by atoms with Crippen LogP contribution in [0.3, 0.4) is 0 Å². The minimum atomic E-state index is -2.73. The smallest absolute Gasteiger partial charge is 0.360 e. The van der Waals surface area contributed by atoms with Gasteiger partial charge in [-0.2, -0.15) is 4.21 Å². The maximum Gasteiger partial charge on any atom is 0.360 e. The quantitative estimate of drug-likeness (QED) is 0.437. The van der Waals surface area contributed by atoms with Crippen LogP contribution in [0.5, 0.6) is 0 Å². The Bertz CT molecular complexity index is 279. The molecule has 0 aliphatic heterocycles. The Morgan fingerprint density at radius 3 is 2.00 bits per heavy atom. The molecule has 7 heteroatoms. The van der Waals surface area contributed by atoms with Gasteiger partial charge in [0.2, 0.25) is 0 Å². The lowest BCUT2D eigenvalue weighted by molar-refractivity contribution is -0.160. The highest BCUT2D eigenvalue weighted by molar-refractivity contribution is 7.74. The van der Waals surface area contributed by atoms with Crippen molar-refractivity contribution in [1.82, 2.24) is 0 Å². The molecule has 0 aromatic rings. The molecule has 0 aromatic carbocycles. The highest BCUT2D eigenvalue weighted by Gasteiger charge is 2.40. The summed E-state index contributed by atoms with van der Waals surface area (Å²) in [4.78, 5) is 22.6. The van der Waals surface area contributed by atoms with E-state index in [1.54, 1.807) is 20.8 Å². The van der Waals surface area contributed by atoms with Gasteiger partial charge in [0, 0.05) is 0 Å². The van der Waals surface area contributed by atoms with Crippen molar-refractivity contribution in [3.05, 3.63) is 0 Å². The second-order valence-corrected chi connectivity index (χ2v) is 4.54. The van der Waals surface area contributed by atoms with E-state index in [0.717, 1.165) is 7.11 Å². The van der Waals surface area contributed by atoms with Crippen molar-refractivity contribution >= 4 is 23.3 Å². The Labute approximate surface area is 90.4 Å². The molecule has 15 heavy (non-hydrogen) atoms. The third kappa shape index (κ3) is 4.39. The van der Waals surface area contributed by atoms with Crippen molar-refractivity contribution < 1.29 is 27.3 Å². The van der Waals surface area contributed by atoms with Crippen molar-refractivity contribution in [3.8, 4) is 0 Å². The van der Waals surface area contributed by atoms with Gasteiger partial charge in [0.25, 0.3) is 0 Å². The van der Waals surface area contributed by atoms with Crippen LogP contribution >= 0.6 is 0 Å². The van der Waals surface area contributed by atoms with Crippen molar-refractivity contribution in [2.45, 2.75) is 20.8 Å². The maximum absolute atomic E-state index is 11.3. The van der Waals surface area contributed by atoms with Crippen molar-refractivity contribution in [2.75, 3.05) is 7.11 Å². The summed E-state index contributed by atoms with van der Waals surface area (Å²) in [6, 6.07) is 0. The Balaban J connectivity index is 4.88. The third-order valence-electron chi connectivity index (χ3n) is 1.69. The lowest BCUT2D eigenvalue weighted by Gasteiger charge is -2.25. The molecule has 0 saturated heterocycles. The molecule has 0 heterocycles. The SMILES string of the molecule is COC(=O)C(C(=O)OS(=O)O)C(C)(C)C. The number of carbonyl (C=O) groups excluding carboxylic acids is 2. The molecule has 0 spiro atoms. The molecule has 2 unspecified atom stereocenters. The Morgan fingerprint density at radius 2 is 1.73 bits per heavy atom. The molecule has 0 aliphatic carbocycles. The van der Waals surface area contributed by atoms with Gasteiger partial charge < -0.3 is 8.92 Å². The molecule has 0 aromatic heterocycles. The number of rotatable bonds is 3. The van der Waals surface area contributed by atoms with Crippen LogP contribution in [0.25, 0.3) is 0 Å². The molecule has 6 nitrogen and oxygen atoms in total. The standard InChI is InChI=1S/C8H14O6S/c1-8(2,3)5(6(9)13-4)7(10)14-15(11)12/h5H,1-4H3,(H,11,12). The second-order valence-electron chi connectivity index (χ2n) is 3.94. The fraction of sp³-hybridized carbons (Fsp3) is 0.750. The summed E-state index contributed by atoms with van der Waals surface area (Å²) in [5, 5.41) is 0. The van der Waals surface area contributed by atoms with Crippen LogP contribution in [0.2, 0.25) is 0 Å². The number of ether oxygens (including phenoxy) is 1. The van der Waals surface area contributed by atoms with E-state index < -0.39 is 34.6 Å². The van der Waals surface area contributed by atoms with Crippen molar-refractivity contribution in [3.63, 3.8) is 0 Å². The lowest BCUT2D eigenvalue weighted by atomic mass is 9.81. The molecule has 0 aliphatic rings. The van der Waals surface area contributed by atoms with Gasteiger partial charge in [0.05, 0.1) is 7.11 Å². The van der Waals surface area contributed by atoms with E-state index in [-0.39, 0.29) is 0 Å². The number of methoxy groups -OCH3 is 1. The Morgan fingerprint density at radius 1 is 1.27 bits per heavy atom. The third-order valence-corrected chi connectivity index (χ3v) is 2.00. The summed E-state index contributed by atoms with van der Waals surface area (Å²) in [5.74, 6) is -3.09. The minimum Gasteiger partial charge on any atom is -0.468 e. The van der Waals surface area contributed by atoms with Gasteiger partial charge in [-0.25, -0.2) is 4.79 Å². The molecule has 1 N–H and O–H groups in total. The van der Waals surface area contributed by atoms with E-state index in [9.17, 15) is 13.8 Å². The summed E-state index contributed by atoms with van der Waals surface area (Å²) >= 11 is -2.73. The van der Waals surface area contributed by atoms with Crippen LogP contribution < -0.4 is 0 Å².